The summed E-state index contributed by atoms with van der Waals surface area (Å²) in [4.78, 5) is 0. The Hall–Kier alpha value is -0.830. The molecule has 0 aromatic heterocycles. The van der Waals surface area contributed by atoms with Crippen LogP contribution in [0.15, 0.2) is 18.2 Å². The van der Waals surface area contributed by atoms with Gasteiger partial charge in [-0.3, -0.25) is 0 Å². The predicted molar refractivity (Wildman–Crippen MR) is 42.5 cm³/mol. The van der Waals surface area contributed by atoms with Gasteiger partial charge in [-0.05, 0) is 24.6 Å². The summed E-state index contributed by atoms with van der Waals surface area (Å²) >= 11 is 5.55. The number of rotatable bonds is 2. The summed E-state index contributed by atoms with van der Waals surface area (Å²) in [5, 5.41) is 0.345. The Labute approximate surface area is 73.9 Å². The van der Waals surface area contributed by atoms with Gasteiger partial charge in [0.15, 0.2) is 0 Å². The molecular formula is C8H6ClF2O. The van der Waals surface area contributed by atoms with Crippen molar-refractivity contribution in [2.24, 2.45) is 0 Å². The average molecular weight is 192 g/mol. The van der Waals surface area contributed by atoms with Crippen LogP contribution in [0.4, 0.5) is 8.78 Å². The molecular weight excluding hydrogens is 186 g/mol. The second-order valence-corrected chi connectivity index (χ2v) is 2.57. The standard InChI is InChI=1S/C8H6ClF2O/c1-5-2-3-6(9)4-7(5)12-8(10)11/h2-4,8H,1H2. The normalized spacial score (nSPS) is 10.4. The lowest BCUT2D eigenvalue weighted by Crippen LogP contribution is -2.02. The molecule has 0 saturated heterocycles. The summed E-state index contributed by atoms with van der Waals surface area (Å²) in [6.07, 6.45) is 0. The zero-order valence-corrected chi connectivity index (χ0v) is 6.81. The fourth-order valence-corrected chi connectivity index (χ4v) is 0.896. The zero-order valence-electron chi connectivity index (χ0n) is 6.06. The highest BCUT2D eigenvalue weighted by Crippen LogP contribution is 2.23. The van der Waals surface area contributed by atoms with Crippen LogP contribution in [0.1, 0.15) is 5.56 Å². The van der Waals surface area contributed by atoms with E-state index in [0.29, 0.717) is 10.6 Å². The third-order valence-electron chi connectivity index (χ3n) is 1.25. The SMILES string of the molecule is [CH2]c1ccc(Cl)cc1OC(F)F. The van der Waals surface area contributed by atoms with E-state index in [0.717, 1.165) is 0 Å². The summed E-state index contributed by atoms with van der Waals surface area (Å²) in [6, 6.07) is 4.37. The van der Waals surface area contributed by atoms with Crippen LogP contribution in [0.25, 0.3) is 0 Å². The van der Waals surface area contributed by atoms with E-state index in [1.807, 2.05) is 0 Å². The zero-order chi connectivity index (χ0) is 9.14. The van der Waals surface area contributed by atoms with Gasteiger partial charge in [0.2, 0.25) is 0 Å². The van der Waals surface area contributed by atoms with Crippen molar-refractivity contribution < 1.29 is 13.5 Å². The van der Waals surface area contributed by atoms with Gasteiger partial charge in [-0.1, -0.05) is 17.7 Å². The molecule has 1 radical (unpaired) electrons. The molecule has 0 atom stereocenters. The number of benzene rings is 1. The number of ether oxygens (including phenoxy) is 1. The molecule has 0 bridgehead atoms. The van der Waals surface area contributed by atoms with Crippen LogP contribution in [-0.4, -0.2) is 6.61 Å². The topological polar surface area (TPSA) is 9.23 Å². The second-order valence-electron chi connectivity index (χ2n) is 2.13. The van der Waals surface area contributed by atoms with Crippen molar-refractivity contribution in [1.82, 2.24) is 0 Å². The molecule has 0 aliphatic rings. The van der Waals surface area contributed by atoms with E-state index in [2.05, 4.69) is 11.7 Å². The van der Waals surface area contributed by atoms with Gasteiger partial charge in [0.25, 0.3) is 0 Å². The summed E-state index contributed by atoms with van der Waals surface area (Å²) in [5.74, 6) is 0.0116. The van der Waals surface area contributed by atoms with E-state index in [1.165, 1.54) is 12.1 Å². The van der Waals surface area contributed by atoms with Crippen LogP contribution >= 0.6 is 11.6 Å². The molecule has 0 N–H and O–H groups in total. The monoisotopic (exact) mass is 191 g/mol. The minimum atomic E-state index is -2.84. The minimum absolute atomic E-state index is 0.0116. The molecule has 0 amide bonds. The fourth-order valence-electron chi connectivity index (χ4n) is 0.734. The summed E-state index contributed by atoms with van der Waals surface area (Å²) in [6.45, 7) is 0.654. The van der Waals surface area contributed by atoms with Gasteiger partial charge in [0.05, 0.1) is 0 Å². The van der Waals surface area contributed by atoms with E-state index in [1.54, 1.807) is 6.07 Å². The molecule has 65 valence electrons. The van der Waals surface area contributed by atoms with Crippen LogP contribution < -0.4 is 4.74 Å². The third-order valence-corrected chi connectivity index (χ3v) is 1.48. The highest BCUT2D eigenvalue weighted by atomic mass is 35.5. The highest BCUT2D eigenvalue weighted by molar-refractivity contribution is 6.30. The lowest BCUT2D eigenvalue weighted by molar-refractivity contribution is -0.0500. The number of alkyl halides is 2. The molecule has 1 aromatic rings. The van der Waals surface area contributed by atoms with E-state index >= 15 is 0 Å². The van der Waals surface area contributed by atoms with Crippen molar-refractivity contribution in [2.45, 2.75) is 6.61 Å². The summed E-state index contributed by atoms with van der Waals surface area (Å²) in [7, 11) is 0. The molecule has 12 heavy (non-hydrogen) atoms. The Morgan fingerprint density at radius 3 is 2.67 bits per heavy atom. The molecule has 0 fully saturated rings. The van der Waals surface area contributed by atoms with E-state index in [4.69, 9.17) is 11.6 Å². The summed E-state index contributed by atoms with van der Waals surface area (Å²) in [5.41, 5.74) is 0.389. The first kappa shape index (κ1) is 9.26. The Morgan fingerprint density at radius 2 is 2.08 bits per heavy atom. The molecule has 0 aliphatic carbocycles. The first-order chi connectivity index (χ1) is 5.59. The average Bonchev–Trinajstić information content (AvgIpc) is 1.96. The quantitative estimate of drug-likeness (QED) is 0.698. The van der Waals surface area contributed by atoms with Gasteiger partial charge in [0, 0.05) is 5.02 Å². The molecule has 1 nitrogen and oxygen atoms in total. The predicted octanol–water partition coefficient (Wildman–Crippen LogP) is 3.12. The lowest BCUT2D eigenvalue weighted by Gasteiger charge is -2.06. The van der Waals surface area contributed by atoms with Gasteiger partial charge in [-0.15, -0.1) is 0 Å². The summed E-state index contributed by atoms with van der Waals surface area (Å²) < 4.78 is 27.6. The van der Waals surface area contributed by atoms with E-state index < -0.39 is 6.61 Å². The number of halogens is 3. The second kappa shape index (κ2) is 3.72. The fraction of sp³-hybridized carbons (Fsp3) is 0.125. The maximum atomic E-state index is 11.7. The van der Waals surface area contributed by atoms with Crippen molar-refractivity contribution in [3.8, 4) is 5.75 Å². The smallest absolute Gasteiger partial charge is 0.387 e. The number of hydrogen-bond acceptors (Lipinski definition) is 1. The molecule has 0 unspecified atom stereocenters. The molecule has 1 rings (SSSR count). The van der Waals surface area contributed by atoms with Crippen LogP contribution in [-0.2, 0) is 0 Å². The Kier molecular flexibility index (Phi) is 2.87. The largest absolute Gasteiger partial charge is 0.434 e. The Bertz CT molecular complexity index is 276. The number of hydrogen-bond donors (Lipinski definition) is 0. The molecule has 0 aliphatic heterocycles. The maximum absolute atomic E-state index is 11.7. The van der Waals surface area contributed by atoms with Crippen LogP contribution in [0.2, 0.25) is 5.02 Å². The molecule has 4 heteroatoms. The van der Waals surface area contributed by atoms with Crippen molar-refractivity contribution in [2.75, 3.05) is 0 Å². The minimum Gasteiger partial charge on any atom is -0.434 e. The van der Waals surface area contributed by atoms with Crippen LogP contribution in [0.3, 0.4) is 0 Å². The van der Waals surface area contributed by atoms with Gasteiger partial charge in [-0.2, -0.15) is 8.78 Å². The molecule has 0 heterocycles. The lowest BCUT2D eigenvalue weighted by atomic mass is 10.2. The highest BCUT2D eigenvalue weighted by Gasteiger charge is 2.06. The van der Waals surface area contributed by atoms with Crippen molar-refractivity contribution >= 4 is 11.6 Å². The first-order valence-electron chi connectivity index (χ1n) is 3.16. The molecule has 0 saturated carbocycles. The van der Waals surface area contributed by atoms with Crippen molar-refractivity contribution in [3.05, 3.63) is 35.7 Å². The van der Waals surface area contributed by atoms with Gasteiger partial charge in [-0.25, -0.2) is 0 Å². The van der Waals surface area contributed by atoms with Gasteiger partial charge < -0.3 is 4.74 Å². The third kappa shape index (κ3) is 2.34. The molecule has 1 aromatic carbocycles. The molecule has 0 spiro atoms. The van der Waals surface area contributed by atoms with E-state index in [-0.39, 0.29) is 5.75 Å². The van der Waals surface area contributed by atoms with E-state index in [9.17, 15) is 8.78 Å². The van der Waals surface area contributed by atoms with Gasteiger partial charge >= 0.3 is 6.61 Å². The van der Waals surface area contributed by atoms with Crippen LogP contribution in [0.5, 0.6) is 5.75 Å². The first-order valence-corrected chi connectivity index (χ1v) is 3.53. The van der Waals surface area contributed by atoms with Crippen LogP contribution in [0, 0.1) is 6.92 Å². The maximum Gasteiger partial charge on any atom is 0.387 e. The Morgan fingerprint density at radius 1 is 1.42 bits per heavy atom. The Balaban J connectivity index is 2.90. The van der Waals surface area contributed by atoms with Gasteiger partial charge in [0.1, 0.15) is 5.75 Å². The van der Waals surface area contributed by atoms with Crippen molar-refractivity contribution in [3.63, 3.8) is 0 Å². The van der Waals surface area contributed by atoms with Crippen molar-refractivity contribution in [1.29, 1.82) is 0 Å².